The maximum absolute atomic E-state index is 9.68. The van der Waals surface area contributed by atoms with E-state index < -0.39 is 0 Å². The van der Waals surface area contributed by atoms with Crippen molar-refractivity contribution in [3.63, 3.8) is 0 Å². The van der Waals surface area contributed by atoms with Gasteiger partial charge in [0.2, 0.25) is 0 Å². The van der Waals surface area contributed by atoms with E-state index in [1.807, 2.05) is 41.9 Å². The van der Waals surface area contributed by atoms with E-state index in [1.54, 1.807) is 6.20 Å². The summed E-state index contributed by atoms with van der Waals surface area (Å²) in [5.41, 5.74) is 3.04. The molecule has 8 heteroatoms. The summed E-state index contributed by atoms with van der Waals surface area (Å²) in [5, 5.41) is 13.0. The number of piperidine rings is 1. The highest BCUT2D eigenvalue weighted by molar-refractivity contribution is 9.10. The first-order valence-corrected chi connectivity index (χ1v) is 9.67. The van der Waals surface area contributed by atoms with Crippen LogP contribution >= 0.6 is 15.9 Å². The third kappa shape index (κ3) is 3.63. The second-order valence-electron chi connectivity index (χ2n) is 6.77. The van der Waals surface area contributed by atoms with E-state index in [-0.39, 0.29) is 7.05 Å². The Morgan fingerprint density at radius 2 is 2.08 bits per heavy atom. The molecule has 1 aliphatic heterocycles. The number of imidazole rings is 1. The van der Waals surface area contributed by atoms with Gasteiger partial charge in [0.25, 0.3) is 0 Å². The molecule has 0 radical (unpaired) electrons. The highest BCUT2D eigenvalue weighted by atomic mass is 79.9. The molecule has 4 rings (SSSR count). The van der Waals surface area contributed by atoms with Gasteiger partial charge in [-0.15, -0.1) is 0 Å². The van der Waals surface area contributed by atoms with Gasteiger partial charge in [-0.05, 0) is 72.3 Å². The average Bonchev–Trinajstić information content (AvgIpc) is 3.11. The normalized spacial score (nSPS) is 16.1. The second-order valence-corrected chi connectivity index (χ2v) is 7.69. The minimum absolute atomic E-state index is 0.356. The molecule has 3 aromatic heterocycles. The van der Waals surface area contributed by atoms with Crippen molar-refractivity contribution in [2.45, 2.75) is 25.6 Å². The van der Waals surface area contributed by atoms with E-state index in [0.717, 1.165) is 47.6 Å². The van der Waals surface area contributed by atoms with Crippen molar-refractivity contribution in [3.8, 4) is 0 Å². The summed E-state index contributed by atoms with van der Waals surface area (Å²) in [7, 11) is -0.356. The summed E-state index contributed by atoms with van der Waals surface area (Å²) in [6, 6.07) is 6.18. The van der Waals surface area contributed by atoms with Gasteiger partial charge >= 0.3 is 7.05 Å². The Hall–Kier alpha value is -1.90. The molecule has 6 nitrogen and oxygen atoms in total. The number of hydrogen-bond donors (Lipinski definition) is 2. The number of pyridine rings is 2. The number of nitrogens with zero attached hydrogens (tertiary/aromatic N) is 4. The molecule has 0 unspecified atom stereocenters. The maximum Gasteiger partial charge on any atom is 0.376 e. The van der Waals surface area contributed by atoms with Gasteiger partial charge in [0.15, 0.2) is 5.65 Å². The number of nitrogens with one attached hydrogen (secondary N) is 1. The molecular weight excluding hydrogens is 393 g/mol. The Morgan fingerprint density at radius 3 is 2.77 bits per heavy atom. The molecule has 1 aliphatic rings. The van der Waals surface area contributed by atoms with Crippen LogP contribution in [0.1, 0.15) is 24.3 Å². The number of aromatic nitrogens is 3. The molecule has 26 heavy (non-hydrogen) atoms. The van der Waals surface area contributed by atoms with Gasteiger partial charge in [0, 0.05) is 29.3 Å². The number of anilines is 2. The van der Waals surface area contributed by atoms with Crippen molar-refractivity contribution in [3.05, 3.63) is 53.0 Å². The lowest BCUT2D eigenvalue weighted by Gasteiger charge is -2.32. The zero-order chi connectivity index (χ0) is 18.1. The third-order valence-electron chi connectivity index (χ3n) is 5.03. The van der Waals surface area contributed by atoms with Crippen molar-refractivity contribution in [1.82, 2.24) is 19.2 Å². The zero-order valence-corrected chi connectivity index (χ0v) is 16.2. The molecule has 0 atom stereocenters. The van der Waals surface area contributed by atoms with E-state index in [1.165, 1.54) is 5.56 Å². The van der Waals surface area contributed by atoms with Crippen LogP contribution in [0, 0.1) is 0 Å². The molecule has 4 heterocycles. The first-order valence-electron chi connectivity index (χ1n) is 8.87. The minimum atomic E-state index is -0.356. The molecule has 0 spiro atoms. The van der Waals surface area contributed by atoms with Crippen LogP contribution in [0.4, 0.5) is 11.5 Å². The lowest BCUT2D eigenvalue weighted by Crippen LogP contribution is -2.42. The molecule has 0 amide bonds. The van der Waals surface area contributed by atoms with Gasteiger partial charge < -0.3 is 19.6 Å². The average molecular weight is 414 g/mol. The van der Waals surface area contributed by atoms with Crippen LogP contribution in [0.15, 0.2) is 47.5 Å². The Morgan fingerprint density at radius 1 is 1.27 bits per heavy atom. The van der Waals surface area contributed by atoms with E-state index in [4.69, 9.17) is 0 Å². The molecule has 2 N–H and O–H groups in total. The van der Waals surface area contributed by atoms with E-state index in [9.17, 15) is 5.02 Å². The third-order valence-corrected chi connectivity index (χ3v) is 5.47. The predicted octanol–water partition coefficient (Wildman–Crippen LogP) is 3.53. The van der Waals surface area contributed by atoms with Crippen molar-refractivity contribution in [1.29, 1.82) is 0 Å². The van der Waals surface area contributed by atoms with Gasteiger partial charge in [-0.3, -0.25) is 0 Å². The molecule has 3 aromatic rings. The minimum Gasteiger partial charge on any atom is -0.437 e. The van der Waals surface area contributed by atoms with Crippen LogP contribution in [-0.4, -0.2) is 44.3 Å². The first-order chi connectivity index (χ1) is 12.6. The highest BCUT2D eigenvalue weighted by Gasteiger charge is 2.24. The fourth-order valence-corrected chi connectivity index (χ4v) is 4.01. The van der Waals surface area contributed by atoms with Crippen molar-refractivity contribution < 1.29 is 5.02 Å². The van der Waals surface area contributed by atoms with Crippen molar-refractivity contribution >= 4 is 40.1 Å². The largest absolute Gasteiger partial charge is 0.437 e. The smallest absolute Gasteiger partial charge is 0.376 e. The molecule has 0 saturated carbocycles. The summed E-state index contributed by atoms with van der Waals surface area (Å²) in [6.07, 6.45) is 9.75. The monoisotopic (exact) mass is 413 g/mol. The first kappa shape index (κ1) is 17.5. The maximum atomic E-state index is 9.68. The summed E-state index contributed by atoms with van der Waals surface area (Å²) in [5.74, 6) is 1.31. The summed E-state index contributed by atoms with van der Waals surface area (Å²) in [6.45, 7) is 3.69. The van der Waals surface area contributed by atoms with Crippen LogP contribution in [0.25, 0.3) is 5.65 Å². The molecule has 1 fully saturated rings. The van der Waals surface area contributed by atoms with Crippen molar-refractivity contribution in [2.75, 3.05) is 18.4 Å². The molecule has 0 bridgehead atoms. The van der Waals surface area contributed by atoms with Crippen LogP contribution in [0.5, 0.6) is 0 Å². The lowest BCUT2D eigenvalue weighted by atomic mass is 9.80. The Kier molecular flexibility index (Phi) is 4.97. The van der Waals surface area contributed by atoms with E-state index in [0.29, 0.717) is 5.92 Å². The lowest BCUT2D eigenvalue weighted by molar-refractivity contribution is 0.289. The van der Waals surface area contributed by atoms with Gasteiger partial charge in [-0.1, -0.05) is 6.07 Å². The van der Waals surface area contributed by atoms with Gasteiger partial charge in [-0.2, -0.15) is 0 Å². The van der Waals surface area contributed by atoms with Crippen LogP contribution < -0.4 is 5.32 Å². The number of hydrogen-bond acceptors (Lipinski definition) is 5. The Labute approximate surface area is 161 Å². The highest BCUT2D eigenvalue weighted by Crippen LogP contribution is 2.29. The van der Waals surface area contributed by atoms with Gasteiger partial charge in [-0.25, -0.2) is 9.97 Å². The molecular formula is C18H21BBrN5O. The van der Waals surface area contributed by atoms with Crippen molar-refractivity contribution in [2.24, 2.45) is 0 Å². The second kappa shape index (κ2) is 7.38. The summed E-state index contributed by atoms with van der Waals surface area (Å²) >= 11 is 3.53. The van der Waals surface area contributed by atoms with Gasteiger partial charge in [0.1, 0.15) is 5.82 Å². The Bertz CT molecular complexity index is 890. The molecule has 1 saturated heterocycles. The number of rotatable bonds is 4. The Balaban J connectivity index is 1.47. The summed E-state index contributed by atoms with van der Waals surface area (Å²) < 4.78 is 2.95. The van der Waals surface area contributed by atoms with Crippen LogP contribution in [-0.2, 0) is 0 Å². The number of fused-ring (bicyclic) bond motifs is 1. The summed E-state index contributed by atoms with van der Waals surface area (Å²) in [4.78, 5) is 11.1. The predicted molar refractivity (Wildman–Crippen MR) is 108 cm³/mol. The van der Waals surface area contributed by atoms with Gasteiger partial charge in [0.05, 0.1) is 5.69 Å². The zero-order valence-electron chi connectivity index (χ0n) is 14.6. The fraction of sp³-hybridized carbons (Fsp3) is 0.333. The van der Waals surface area contributed by atoms with Crippen LogP contribution in [0.3, 0.4) is 0 Å². The molecule has 134 valence electrons. The number of halogens is 1. The fourth-order valence-electron chi connectivity index (χ4n) is 3.56. The molecule has 0 aromatic carbocycles. The van der Waals surface area contributed by atoms with Crippen LogP contribution in [0.2, 0.25) is 6.82 Å². The molecule has 0 aliphatic carbocycles. The van der Waals surface area contributed by atoms with E-state index in [2.05, 4.69) is 42.1 Å². The topological polar surface area (TPSA) is 65.7 Å². The standard InChI is InChI=1S/C18H21BBrN5O/c1-19(26)25-7-4-13(5-8-25)14-2-3-17(22-11-14)23-16-10-15(20)12-24-9-6-21-18(16)24/h2-3,6,9-13,26H,4-5,7-8H2,1H3,(H,22,23). The van der Waals surface area contributed by atoms with E-state index >= 15 is 0 Å². The SMILES string of the molecule is CB(O)N1CCC(c2ccc(Nc3cc(Br)cn4ccnc34)nc2)CC1. The quantitative estimate of drug-likeness (QED) is 0.640.